The van der Waals surface area contributed by atoms with Gasteiger partial charge < -0.3 is 24.8 Å². The first-order chi connectivity index (χ1) is 26.4. The van der Waals surface area contributed by atoms with Crippen LogP contribution in [0.1, 0.15) is 173 Å². The lowest BCUT2D eigenvalue weighted by atomic mass is 9.40. The average molecular weight is 777 g/mol. The number of fused-ring (bicyclic) bond motifs is 11. The third kappa shape index (κ3) is 5.60. The second-order valence-electron chi connectivity index (χ2n) is 21.7. The van der Waals surface area contributed by atoms with Crippen molar-refractivity contribution in [3.63, 3.8) is 0 Å². The van der Waals surface area contributed by atoms with Crippen LogP contribution in [-0.2, 0) is 21.4 Å². The lowest BCUT2D eigenvalue weighted by molar-refractivity contribution is -0.144. The van der Waals surface area contributed by atoms with Gasteiger partial charge in [-0.25, -0.2) is 0 Å². The minimum atomic E-state index is -0.855. The zero-order valence-corrected chi connectivity index (χ0v) is 36.8. The standard InChI is InChI=1S/C50H68N2O5/c1-14-15-17-28(44(56)51-45(4,5)6)18-16-22-48(11)34-20-19-29-24-32-31-25-30-33-26-46(7,8)57-47(9,10)38(33)41(54)36(30)37-40(31)52(39(27(2)3)42(37)55)43(32)50(29,13)49(34,12)23-21-35(48)53/h16,18,22,25-26,29,34-35,38-39,41,53-54H,2,14-15,17,19-21,23-24H2,1,3-13H3,(H,51,56)/b22-16+,28-18+/t29?,34-,35-,38?,39-,41+,48-,49-,50+/m0/s1. The van der Waals surface area contributed by atoms with Crippen molar-refractivity contribution < 1.29 is 24.5 Å². The highest BCUT2D eigenvalue weighted by atomic mass is 16.5. The van der Waals surface area contributed by atoms with E-state index in [0.717, 1.165) is 77.3 Å². The maximum Gasteiger partial charge on any atom is 0.247 e. The van der Waals surface area contributed by atoms with Crippen molar-refractivity contribution in [2.75, 3.05) is 0 Å². The number of carbonyl (C=O) groups is 2. The molecule has 8 rings (SSSR count). The predicted octanol–water partition coefficient (Wildman–Crippen LogP) is 10.2. The van der Waals surface area contributed by atoms with E-state index in [1.54, 1.807) is 0 Å². The SMILES string of the molecule is C=C(C)[C@H]1C(=O)c2c3c(cc4c5c(n1c24)[C@@]1(C)C(CC[C@H]2[C@](C)(/C=C/C=C(\CCCC)C(=O)NC(C)(C)C)[C@@H](O)CC[C@@]21C)C5)C1=CC(C)(C)OC(C)(C)C1[C@@H]3O. The Hall–Kier alpha value is -3.26. The van der Waals surface area contributed by atoms with E-state index in [2.05, 4.69) is 96.1 Å². The highest BCUT2D eigenvalue weighted by Crippen LogP contribution is 2.71. The highest BCUT2D eigenvalue weighted by molar-refractivity contribution is 6.18. The number of benzene rings is 1. The number of hydrogen-bond donors (Lipinski definition) is 3. The van der Waals surface area contributed by atoms with Gasteiger partial charge >= 0.3 is 0 Å². The molecule has 1 amide bonds. The number of carbonyl (C=O) groups excluding carboxylic acids is 2. The summed E-state index contributed by atoms with van der Waals surface area (Å²) in [6.45, 7) is 30.1. The maximum atomic E-state index is 15.0. The number of hydrogen-bond acceptors (Lipinski definition) is 5. The molecule has 57 heavy (non-hydrogen) atoms. The van der Waals surface area contributed by atoms with E-state index < -0.39 is 34.9 Å². The van der Waals surface area contributed by atoms with Gasteiger partial charge in [0.15, 0.2) is 5.78 Å². The van der Waals surface area contributed by atoms with E-state index in [-0.39, 0.29) is 39.9 Å². The summed E-state index contributed by atoms with van der Waals surface area (Å²) in [5.41, 5.74) is 6.24. The minimum Gasteiger partial charge on any atom is -0.392 e. The number of aliphatic hydroxyl groups is 2. The first-order valence-corrected chi connectivity index (χ1v) is 21.9. The van der Waals surface area contributed by atoms with Crippen LogP contribution < -0.4 is 5.32 Å². The number of aromatic nitrogens is 1. The molecule has 1 aromatic carbocycles. The van der Waals surface area contributed by atoms with Crippen LogP contribution in [-0.4, -0.2) is 49.3 Å². The van der Waals surface area contributed by atoms with Gasteiger partial charge in [-0.05, 0) is 146 Å². The fourth-order valence-electron chi connectivity index (χ4n) is 13.5. The number of rotatable bonds is 7. The van der Waals surface area contributed by atoms with Crippen LogP contribution in [0, 0.1) is 28.6 Å². The summed E-state index contributed by atoms with van der Waals surface area (Å²) in [6, 6.07) is 1.79. The molecule has 0 saturated heterocycles. The Kier molecular flexibility index (Phi) is 9.15. The van der Waals surface area contributed by atoms with Gasteiger partial charge in [0.05, 0.1) is 34.5 Å². The predicted molar refractivity (Wildman–Crippen MR) is 229 cm³/mol. The largest absolute Gasteiger partial charge is 0.392 e. The molecule has 2 unspecified atom stereocenters. The van der Waals surface area contributed by atoms with E-state index in [0.29, 0.717) is 24.3 Å². The molecule has 2 fully saturated rings. The van der Waals surface area contributed by atoms with Crippen LogP contribution in [0.25, 0.3) is 16.5 Å². The number of aliphatic hydroxyl groups excluding tert-OH is 2. The number of ether oxygens (including phenoxy) is 1. The topological polar surface area (TPSA) is 101 Å². The molecule has 308 valence electrons. The van der Waals surface area contributed by atoms with Gasteiger partial charge in [0.2, 0.25) is 5.91 Å². The zero-order valence-electron chi connectivity index (χ0n) is 36.8. The summed E-state index contributed by atoms with van der Waals surface area (Å²) >= 11 is 0. The number of nitrogens with one attached hydrogen (secondary N) is 1. The molecule has 1 aromatic heterocycles. The second-order valence-corrected chi connectivity index (χ2v) is 21.7. The molecule has 9 atom stereocenters. The molecule has 4 aliphatic carbocycles. The Morgan fingerprint density at radius 3 is 2.44 bits per heavy atom. The molecule has 2 saturated carbocycles. The van der Waals surface area contributed by atoms with Crippen LogP contribution in [0.2, 0.25) is 0 Å². The van der Waals surface area contributed by atoms with E-state index >= 15 is 0 Å². The van der Waals surface area contributed by atoms with Crippen molar-refractivity contribution in [3.8, 4) is 0 Å². The number of nitrogens with zero attached hydrogens (tertiary/aromatic N) is 1. The van der Waals surface area contributed by atoms with Crippen molar-refractivity contribution >= 4 is 28.2 Å². The lowest BCUT2D eigenvalue weighted by Gasteiger charge is -2.64. The lowest BCUT2D eigenvalue weighted by Crippen LogP contribution is -2.62. The fraction of sp³-hybridized carbons (Fsp3) is 0.640. The fourth-order valence-corrected chi connectivity index (χ4v) is 13.5. The minimum absolute atomic E-state index is 0.0276. The van der Waals surface area contributed by atoms with Crippen molar-refractivity contribution in [1.29, 1.82) is 0 Å². The Morgan fingerprint density at radius 1 is 1.09 bits per heavy atom. The number of allylic oxidation sites excluding steroid dienone is 3. The Bertz CT molecular complexity index is 2190. The zero-order chi connectivity index (χ0) is 41.6. The second kappa shape index (κ2) is 12.9. The molecule has 2 aromatic rings. The number of amides is 1. The van der Waals surface area contributed by atoms with E-state index in [1.165, 1.54) is 11.3 Å². The van der Waals surface area contributed by atoms with Crippen LogP contribution in [0.15, 0.2) is 48.1 Å². The molecule has 0 spiro atoms. The van der Waals surface area contributed by atoms with Crippen LogP contribution in [0.5, 0.6) is 0 Å². The molecule has 6 aliphatic rings. The monoisotopic (exact) mass is 777 g/mol. The third-order valence-electron chi connectivity index (χ3n) is 15.9. The summed E-state index contributed by atoms with van der Waals surface area (Å²) in [5, 5.41) is 28.5. The van der Waals surface area contributed by atoms with Crippen molar-refractivity contribution in [3.05, 3.63) is 76.0 Å². The number of Topliss-reactive ketones (excluding diaryl/α,β-unsaturated/α-hetero) is 1. The Balaban J connectivity index is 1.28. The molecule has 3 heterocycles. The Morgan fingerprint density at radius 2 is 1.79 bits per heavy atom. The van der Waals surface area contributed by atoms with Gasteiger partial charge in [-0.15, -0.1) is 0 Å². The summed E-state index contributed by atoms with van der Waals surface area (Å²) < 4.78 is 8.94. The molecule has 7 heteroatoms. The highest BCUT2D eigenvalue weighted by Gasteiger charge is 2.68. The first-order valence-electron chi connectivity index (χ1n) is 21.9. The first kappa shape index (κ1) is 40.5. The van der Waals surface area contributed by atoms with Gasteiger partial charge in [0, 0.05) is 44.5 Å². The smallest absolute Gasteiger partial charge is 0.247 e. The van der Waals surface area contributed by atoms with Crippen LogP contribution in [0.4, 0.5) is 0 Å². The molecule has 2 aliphatic heterocycles. The summed E-state index contributed by atoms with van der Waals surface area (Å²) in [7, 11) is 0. The molecular weight excluding hydrogens is 709 g/mol. The normalized spacial score (nSPS) is 36.1. The van der Waals surface area contributed by atoms with Gasteiger partial charge in [0.25, 0.3) is 0 Å². The van der Waals surface area contributed by atoms with Crippen LogP contribution in [0.3, 0.4) is 0 Å². The van der Waals surface area contributed by atoms with E-state index in [1.807, 2.05) is 33.8 Å². The van der Waals surface area contributed by atoms with Gasteiger partial charge in [-0.2, -0.15) is 0 Å². The van der Waals surface area contributed by atoms with E-state index in [4.69, 9.17) is 4.74 Å². The molecule has 0 radical (unpaired) electrons. The molecular formula is C50H68N2O5. The van der Waals surface area contributed by atoms with Crippen LogP contribution >= 0.6 is 0 Å². The number of ketones is 1. The summed E-state index contributed by atoms with van der Waals surface area (Å²) in [6.07, 6.45) is 14.3. The quantitative estimate of drug-likeness (QED) is 0.148. The number of unbranched alkanes of at least 4 members (excludes halogenated alkanes) is 1. The van der Waals surface area contributed by atoms with E-state index in [9.17, 15) is 19.8 Å². The van der Waals surface area contributed by atoms with Crippen molar-refractivity contribution in [2.45, 2.75) is 175 Å². The molecule has 7 nitrogen and oxygen atoms in total. The summed E-state index contributed by atoms with van der Waals surface area (Å²) in [5.74, 6) is 0.295. The molecule has 3 N–H and O–H groups in total. The van der Waals surface area contributed by atoms with Crippen molar-refractivity contribution in [1.82, 2.24) is 9.88 Å². The average Bonchev–Trinajstić information content (AvgIpc) is 3.76. The maximum absolute atomic E-state index is 15.0. The molecule has 0 bridgehead atoms. The van der Waals surface area contributed by atoms with Crippen molar-refractivity contribution in [2.24, 2.45) is 28.6 Å². The van der Waals surface area contributed by atoms with Gasteiger partial charge in [0.1, 0.15) is 6.04 Å². The van der Waals surface area contributed by atoms with Gasteiger partial charge in [-0.3, -0.25) is 9.59 Å². The summed E-state index contributed by atoms with van der Waals surface area (Å²) in [4.78, 5) is 28.4. The third-order valence-corrected chi connectivity index (χ3v) is 15.9. The Labute approximate surface area is 341 Å². The van der Waals surface area contributed by atoms with Gasteiger partial charge in [-0.1, -0.05) is 64.5 Å².